The number of hydrogen-bond acceptors (Lipinski definition) is 7. The Bertz CT molecular complexity index is 849. The highest BCUT2D eigenvalue weighted by Crippen LogP contribution is 2.16. The van der Waals surface area contributed by atoms with E-state index in [9.17, 15) is 16.8 Å². The van der Waals surface area contributed by atoms with Crippen LogP contribution in [0.4, 0.5) is 5.69 Å². The molecule has 0 radical (unpaired) electrons. The Hall–Kier alpha value is -1.78. The molecule has 2 heterocycles. The zero-order valence-corrected chi connectivity index (χ0v) is 12.9. The van der Waals surface area contributed by atoms with Crippen molar-refractivity contribution in [1.29, 1.82) is 0 Å². The lowest BCUT2D eigenvalue weighted by Crippen LogP contribution is -2.14. The van der Waals surface area contributed by atoms with Crippen LogP contribution >= 0.6 is 11.6 Å². The van der Waals surface area contributed by atoms with Gasteiger partial charge in [-0.3, -0.25) is 4.72 Å². The summed E-state index contributed by atoms with van der Waals surface area (Å²) in [5.41, 5.74) is 0.109. The van der Waals surface area contributed by atoms with Crippen molar-refractivity contribution in [3.63, 3.8) is 0 Å². The summed E-state index contributed by atoms with van der Waals surface area (Å²) >= 11 is 5.48. The van der Waals surface area contributed by atoms with E-state index in [1.165, 1.54) is 12.1 Å². The van der Waals surface area contributed by atoms with E-state index in [0.717, 1.165) is 24.8 Å². The van der Waals surface area contributed by atoms with Crippen LogP contribution in [-0.2, 0) is 19.9 Å². The highest BCUT2D eigenvalue weighted by Gasteiger charge is 2.16. The largest absolute Gasteiger partial charge is 0.278 e. The molecule has 2 rings (SSSR count). The molecule has 0 fully saturated rings. The van der Waals surface area contributed by atoms with Crippen molar-refractivity contribution in [1.82, 2.24) is 15.0 Å². The lowest BCUT2D eigenvalue weighted by molar-refractivity contribution is 0.598. The van der Waals surface area contributed by atoms with Gasteiger partial charge in [0.15, 0.2) is 14.9 Å². The Morgan fingerprint density at radius 1 is 1.00 bits per heavy atom. The Balaban J connectivity index is 2.27. The van der Waals surface area contributed by atoms with Crippen molar-refractivity contribution in [2.75, 3.05) is 11.0 Å². The van der Waals surface area contributed by atoms with Crippen LogP contribution in [0.25, 0.3) is 0 Å². The smallest absolute Gasteiger partial charge is 0.265 e. The number of nitrogens with one attached hydrogen (secondary N) is 1. The number of anilines is 1. The molecule has 2 aromatic heterocycles. The van der Waals surface area contributed by atoms with Gasteiger partial charge in [0.2, 0.25) is 5.28 Å². The molecule has 8 nitrogen and oxygen atoms in total. The van der Waals surface area contributed by atoms with Crippen molar-refractivity contribution >= 4 is 37.1 Å². The van der Waals surface area contributed by atoms with Crippen molar-refractivity contribution in [3.8, 4) is 0 Å². The number of sulfone groups is 1. The molecule has 21 heavy (non-hydrogen) atoms. The molecular formula is C10H9ClN4O4S2. The van der Waals surface area contributed by atoms with E-state index in [0.29, 0.717) is 0 Å². The van der Waals surface area contributed by atoms with Crippen LogP contribution in [0.2, 0.25) is 5.28 Å². The number of sulfonamides is 1. The first kappa shape index (κ1) is 15.6. The zero-order valence-electron chi connectivity index (χ0n) is 10.6. The number of rotatable bonds is 4. The average molecular weight is 349 g/mol. The summed E-state index contributed by atoms with van der Waals surface area (Å²) in [4.78, 5) is 10.6. The highest BCUT2D eigenvalue weighted by atomic mass is 35.5. The van der Waals surface area contributed by atoms with Crippen LogP contribution in [0.15, 0.2) is 40.6 Å². The van der Waals surface area contributed by atoms with Crippen molar-refractivity contribution in [3.05, 3.63) is 36.0 Å². The minimum Gasteiger partial charge on any atom is -0.278 e. The van der Waals surface area contributed by atoms with Gasteiger partial charge >= 0.3 is 0 Å². The topological polar surface area (TPSA) is 119 Å². The lowest BCUT2D eigenvalue weighted by Gasteiger charge is -2.07. The summed E-state index contributed by atoms with van der Waals surface area (Å²) < 4.78 is 48.8. The van der Waals surface area contributed by atoms with E-state index < -0.39 is 19.9 Å². The molecule has 1 N–H and O–H groups in total. The molecule has 0 aromatic carbocycles. The van der Waals surface area contributed by atoms with Crippen molar-refractivity contribution < 1.29 is 16.8 Å². The second kappa shape index (κ2) is 5.54. The molecule has 0 bridgehead atoms. The fourth-order valence-electron chi connectivity index (χ4n) is 1.31. The first-order valence-electron chi connectivity index (χ1n) is 5.35. The molecule has 112 valence electrons. The molecule has 0 unspecified atom stereocenters. The second-order valence-electron chi connectivity index (χ2n) is 3.95. The van der Waals surface area contributed by atoms with Gasteiger partial charge in [-0.1, -0.05) is 0 Å². The van der Waals surface area contributed by atoms with Crippen molar-refractivity contribution in [2.45, 2.75) is 9.92 Å². The maximum Gasteiger partial charge on any atom is 0.265 e. The van der Waals surface area contributed by atoms with Gasteiger partial charge in [0.25, 0.3) is 10.0 Å². The first-order valence-corrected chi connectivity index (χ1v) is 9.10. The van der Waals surface area contributed by atoms with E-state index in [1.54, 1.807) is 0 Å². The maximum absolute atomic E-state index is 12.0. The van der Waals surface area contributed by atoms with Gasteiger partial charge < -0.3 is 0 Å². The maximum atomic E-state index is 12.0. The van der Waals surface area contributed by atoms with Crippen LogP contribution in [0, 0.1) is 0 Å². The van der Waals surface area contributed by atoms with E-state index in [2.05, 4.69) is 19.7 Å². The number of pyridine rings is 1. The SMILES string of the molecule is CS(=O)(=O)c1ccc(NS(=O)(=O)c2cnc(Cl)nc2)cn1. The number of halogens is 1. The van der Waals surface area contributed by atoms with Gasteiger partial charge in [-0.2, -0.15) is 0 Å². The summed E-state index contributed by atoms with van der Waals surface area (Å²) in [7, 11) is -7.34. The summed E-state index contributed by atoms with van der Waals surface area (Å²) in [5.74, 6) is 0. The van der Waals surface area contributed by atoms with Gasteiger partial charge in [0.05, 0.1) is 24.3 Å². The summed E-state index contributed by atoms with van der Waals surface area (Å²) in [6.07, 6.45) is 4.21. The third-order valence-electron chi connectivity index (χ3n) is 2.28. The standard InChI is InChI=1S/C10H9ClN4O4S2/c1-20(16,17)9-3-2-7(4-12-9)15-21(18,19)8-5-13-10(11)14-6-8/h2-6,15H,1H3. The van der Waals surface area contributed by atoms with Gasteiger partial charge in [-0.05, 0) is 23.7 Å². The molecule has 0 aliphatic carbocycles. The Labute approximate surface area is 126 Å². The van der Waals surface area contributed by atoms with E-state index in [-0.39, 0.29) is 20.9 Å². The summed E-state index contributed by atoms with van der Waals surface area (Å²) in [6, 6.07) is 2.49. The molecule has 0 saturated heterocycles. The van der Waals surface area contributed by atoms with E-state index in [4.69, 9.17) is 11.6 Å². The summed E-state index contributed by atoms with van der Waals surface area (Å²) in [6.45, 7) is 0. The number of aromatic nitrogens is 3. The number of hydrogen-bond donors (Lipinski definition) is 1. The fourth-order valence-corrected chi connectivity index (χ4v) is 2.90. The van der Waals surface area contributed by atoms with E-state index >= 15 is 0 Å². The molecule has 2 aromatic rings. The zero-order chi connectivity index (χ0) is 15.7. The molecule has 0 atom stereocenters. The lowest BCUT2D eigenvalue weighted by atomic mass is 10.4. The molecule has 0 amide bonds. The minimum absolute atomic E-state index is 0.0758. The molecule has 0 spiro atoms. The van der Waals surface area contributed by atoms with Gasteiger partial charge in [-0.25, -0.2) is 31.8 Å². The van der Waals surface area contributed by atoms with Crippen LogP contribution in [0.5, 0.6) is 0 Å². The van der Waals surface area contributed by atoms with Gasteiger partial charge in [-0.15, -0.1) is 0 Å². The molecule has 11 heteroatoms. The molecule has 0 saturated carbocycles. The third kappa shape index (κ3) is 3.86. The van der Waals surface area contributed by atoms with Gasteiger partial charge in [0, 0.05) is 6.26 Å². The van der Waals surface area contributed by atoms with Crippen LogP contribution in [0.3, 0.4) is 0 Å². The third-order valence-corrected chi connectivity index (χ3v) is 4.81. The Kier molecular flexibility index (Phi) is 4.12. The molecule has 0 aliphatic rings. The van der Waals surface area contributed by atoms with Crippen LogP contribution < -0.4 is 4.72 Å². The fraction of sp³-hybridized carbons (Fsp3) is 0.100. The minimum atomic E-state index is -3.90. The predicted octanol–water partition coefficient (Wildman–Crippen LogP) is 0.729. The quantitative estimate of drug-likeness (QED) is 0.809. The van der Waals surface area contributed by atoms with Crippen molar-refractivity contribution in [2.24, 2.45) is 0 Å². The Morgan fingerprint density at radius 3 is 2.10 bits per heavy atom. The number of nitrogens with zero attached hydrogens (tertiary/aromatic N) is 3. The van der Waals surface area contributed by atoms with E-state index in [1.807, 2.05) is 0 Å². The average Bonchev–Trinajstić information content (AvgIpc) is 2.38. The van der Waals surface area contributed by atoms with Crippen LogP contribution in [-0.4, -0.2) is 38.0 Å². The highest BCUT2D eigenvalue weighted by molar-refractivity contribution is 7.92. The second-order valence-corrected chi connectivity index (χ2v) is 7.93. The Morgan fingerprint density at radius 2 is 1.62 bits per heavy atom. The van der Waals surface area contributed by atoms with Crippen LogP contribution in [0.1, 0.15) is 0 Å². The summed E-state index contributed by atoms with van der Waals surface area (Å²) in [5, 5.41) is -0.228. The monoisotopic (exact) mass is 348 g/mol. The first-order chi connectivity index (χ1) is 9.68. The molecular weight excluding hydrogens is 340 g/mol. The normalized spacial score (nSPS) is 12.1. The van der Waals surface area contributed by atoms with Gasteiger partial charge in [0.1, 0.15) is 4.90 Å². The predicted molar refractivity (Wildman–Crippen MR) is 75.2 cm³/mol. The molecule has 0 aliphatic heterocycles.